The molecule has 3 aliphatic heterocycles. The van der Waals surface area contributed by atoms with Crippen molar-refractivity contribution in [1.82, 2.24) is 9.21 Å². The van der Waals surface area contributed by atoms with Gasteiger partial charge in [0.15, 0.2) is 0 Å². The molecule has 5 nitrogen and oxygen atoms in total. The first-order valence-corrected chi connectivity index (χ1v) is 12.5. The Labute approximate surface area is 174 Å². The van der Waals surface area contributed by atoms with Crippen LogP contribution >= 0.6 is 0 Å². The first-order valence-electron chi connectivity index (χ1n) is 11.1. The molecule has 4 atom stereocenters. The second-order valence-corrected chi connectivity index (χ2v) is 11.1. The van der Waals surface area contributed by atoms with E-state index < -0.39 is 10.0 Å². The molecule has 1 aromatic carbocycles. The largest absolute Gasteiger partial charge is 0.496 e. The summed E-state index contributed by atoms with van der Waals surface area (Å²) in [4.78, 5) is 3.05. The van der Waals surface area contributed by atoms with Gasteiger partial charge in [0.05, 0.1) is 18.0 Å². The third-order valence-electron chi connectivity index (χ3n) is 7.58. The van der Waals surface area contributed by atoms with Crippen LogP contribution in [0.25, 0.3) is 0 Å². The molecule has 0 spiro atoms. The Morgan fingerprint density at radius 1 is 1.14 bits per heavy atom. The Bertz CT molecular complexity index is 926. The zero-order valence-electron chi connectivity index (χ0n) is 17.5. The van der Waals surface area contributed by atoms with Crippen LogP contribution in [0, 0.1) is 18.8 Å². The average molecular weight is 417 g/mol. The average Bonchev–Trinajstić information content (AvgIpc) is 2.73. The van der Waals surface area contributed by atoms with Gasteiger partial charge in [-0.25, -0.2) is 8.42 Å². The number of benzene rings is 1. The Morgan fingerprint density at radius 2 is 2.00 bits per heavy atom. The minimum Gasteiger partial charge on any atom is -0.496 e. The van der Waals surface area contributed by atoms with Crippen molar-refractivity contribution in [2.75, 3.05) is 26.7 Å². The maximum absolute atomic E-state index is 13.7. The van der Waals surface area contributed by atoms with Gasteiger partial charge in [0.1, 0.15) is 5.75 Å². The highest BCUT2D eigenvalue weighted by molar-refractivity contribution is 7.89. The molecule has 0 N–H and O–H groups in total. The van der Waals surface area contributed by atoms with Crippen molar-refractivity contribution in [3.05, 3.63) is 35.4 Å². The van der Waals surface area contributed by atoms with Crippen LogP contribution < -0.4 is 4.74 Å². The number of sulfonamides is 1. The highest BCUT2D eigenvalue weighted by Crippen LogP contribution is 2.46. The molecule has 0 radical (unpaired) electrons. The van der Waals surface area contributed by atoms with Gasteiger partial charge in [-0.1, -0.05) is 18.1 Å². The molecule has 158 valence electrons. The SMILES string of the molecule is COc1ccc(S(=O)(=O)N2CCCC3=C[C@H]4C[C@H](CN5CCCC[C@H]45)[C@@H]32)cc1C. The number of hydrogen-bond donors (Lipinski definition) is 0. The van der Waals surface area contributed by atoms with Crippen LogP contribution in [0.15, 0.2) is 34.7 Å². The zero-order chi connectivity index (χ0) is 20.2. The fourth-order valence-electron chi connectivity index (χ4n) is 6.34. The van der Waals surface area contributed by atoms with Gasteiger partial charge in [0, 0.05) is 19.1 Å². The Hall–Kier alpha value is -1.37. The Morgan fingerprint density at radius 3 is 2.79 bits per heavy atom. The number of rotatable bonds is 3. The lowest BCUT2D eigenvalue weighted by Crippen LogP contribution is -2.59. The number of fused-ring (bicyclic) bond motifs is 6. The second kappa shape index (κ2) is 7.40. The van der Waals surface area contributed by atoms with Gasteiger partial charge in [-0.15, -0.1) is 0 Å². The van der Waals surface area contributed by atoms with Gasteiger partial charge in [-0.2, -0.15) is 4.31 Å². The van der Waals surface area contributed by atoms with E-state index in [1.807, 2.05) is 11.2 Å². The smallest absolute Gasteiger partial charge is 0.243 e. The summed E-state index contributed by atoms with van der Waals surface area (Å²) in [5, 5.41) is 0. The predicted octanol–water partition coefficient (Wildman–Crippen LogP) is 3.59. The number of nitrogens with zero attached hydrogens (tertiary/aromatic N) is 2. The summed E-state index contributed by atoms with van der Waals surface area (Å²) in [5.41, 5.74) is 2.25. The van der Waals surface area contributed by atoms with Crippen molar-refractivity contribution in [2.24, 2.45) is 11.8 Å². The normalized spacial score (nSPS) is 32.8. The Balaban J connectivity index is 1.50. The maximum Gasteiger partial charge on any atom is 0.243 e. The van der Waals surface area contributed by atoms with Gasteiger partial charge in [0.2, 0.25) is 10.0 Å². The fourth-order valence-corrected chi connectivity index (χ4v) is 8.15. The van der Waals surface area contributed by atoms with Gasteiger partial charge in [-0.3, -0.25) is 4.90 Å². The van der Waals surface area contributed by atoms with Gasteiger partial charge < -0.3 is 4.74 Å². The molecule has 0 saturated carbocycles. The molecule has 0 unspecified atom stereocenters. The maximum atomic E-state index is 13.7. The quantitative estimate of drug-likeness (QED) is 0.707. The van der Waals surface area contributed by atoms with Gasteiger partial charge in [-0.05, 0) is 81.2 Å². The third-order valence-corrected chi connectivity index (χ3v) is 9.46. The van der Waals surface area contributed by atoms with Crippen molar-refractivity contribution >= 4 is 10.0 Å². The van der Waals surface area contributed by atoms with Crippen molar-refractivity contribution < 1.29 is 13.2 Å². The van der Waals surface area contributed by atoms with Crippen molar-refractivity contribution in [1.29, 1.82) is 0 Å². The molecule has 29 heavy (non-hydrogen) atoms. The summed E-state index contributed by atoms with van der Waals surface area (Å²) in [6.07, 6.45) is 9.52. The number of aryl methyl sites for hydroxylation is 1. The molecule has 4 aliphatic rings. The topological polar surface area (TPSA) is 49.9 Å². The summed E-state index contributed by atoms with van der Waals surface area (Å²) in [7, 11) is -1.91. The molecular weight excluding hydrogens is 384 g/mol. The van der Waals surface area contributed by atoms with E-state index in [1.165, 1.54) is 31.4 Å². The highest BCUT2D eigenvalue weighted by Gasteiger charge is 2.48. The van der Waals surface area contributed by atoms with Crippen LogP contribution in [0.2, 0.25) is 0 Å². The van der Waals surface area contributed by atoms with Gasteiger partial charge in [0.25, 0.3) is 0 Å². The molecular formula is C23H32N2O3S. The molecule has 1 aromatic rings. The lowest BCUT2D eigenvalue weighted by Gasteiger charge is -2.54. The Kier molecular flexibility index (Phi) is 5.00. The van der Waals surface area contributed by atoms with Crippen LogP contribution in [0.5, 0.6) is 5.75 Å². The van der Waals surface area contributed by atoms with E-state index in [2.05, 4.69) is 11.0 Å². The second-order valence-electron chi connectivity index (χ2n) is 9.25. The summed E-state index contributed by atoms with van der Waals surface area (Å²) in [6, 6.07) is 5.96. The summed E-state index contributed by atoms with van der Waals surface area (Å²) in [6.45, 7) is 4.76. The number of hydrogen-bond acceptors (Lipinski definition) is 4. The standard InChI is InChI=1S/C23H32N2O3S/c1-16-12-20(8-9-22(16)28-2)29(26,27)25-11-5-6-17-13-18-14-19(23(17)25)15-24-10-4-3-7-21(18)24/h8-9,12-13,18-19,21,23H,3-7,10-11,14-15H2,1-2H3/t18-,19+,21+,23+/m0/s1. The summed E-state index contributed by atoms with van der Waals surface area (Å²) < 4.78 is 34.5. The minimum atomic E-state index is -3.53. The minimum absolute atomic E-state index is 0.0373. The number of methoxy groups -OCH3 is 1. The van der Waals surface area contributed by atoms with Crippen molar-refractivity contribution in [2.45, 2.75) is 62.4 Å². The lowest BCUT2D eigenvalue weighted by atomic mass is 9.68. The first-order chi connectivity index (χ1) is 14.0. The molecule has 1 aliphatic carbocycles. The van der Waals surface area contributed by atoms with E-state index >= 15 is 0 Å². The van der Waals surface area contributed by atoms with E-state index in [4.69, 9.17) is 4.74 Å². The van der Waals surface area contributed by atoms with E-state index in [-0.39, 0.29) is 6.04 Å². The third kappa shape index (κ3) is 3.24. The molecule has 5 rings (SSSR count). The predicted molar refractivity (Wildman–Crippen MR) is 114 cm³/mol. The van der Waals surface area contributed by atoms with Crippen LogP contribution in [0.4, 0.5) is 0 Å². The van der Waals surface area contributed by atoms with Crippen LogP contribution in [-0.2, 0) is 10.0 Å². The van der Waals surface area contributed by atoms with Crippen LogP contribution in [0.1, 0.15) is 44.1 Å². The van der Waals surface area contributed by atoms with Crippen molar-refractivity contribution in [3.63, 3.8) is 0 Å². The van der Waals surface area contributed by atoms with Crippen LogP contribution in [0.3, 0.4) is 0 Å². The number of piperidine rings is 3. The fraction of sp³-hybridized carbons (Fsp3) is 0.652. The van der Waals surface area contributed by atoms with Crippen molar-refractivity contribution in [3.8, 4) is 5.75 Å². The molecule has 3 heterocycles. The molecule has 3 fully saturated rings. The molecule has 0 aromatic heterocycles. The molecule has 0 amide bonds. The monoisotopic (exact) mass is 416 g/mol. The van der Waals surface area contributed by atoms with E-state index in [1.54, 1.807) is 25.3 Å². The zero-order valence-corrected chi connectivity index (χ0v) is 18.3. The number of ether oxygens (including phenoxy) is 1. The molecule has 2 bridgehead atoms. The summed E-state index contributed by atoms with van der Waals surface area (Å²) >= 11 is 0. The molecule has 6 heteroatoms. The molecule has 3 saturated heterocycles. The van der Waals surface area contributed by atoms with E-state index in [9.17, 15) is 8.42 Å². The van der Waals surface area contributed by atoms with Crippen LogP contribution in [-0.4, -0.2) is 56.5 Å². The van der Waals surface area contributed by atoms with E-state index in [0.717, 1.165) is 37.1 Å². The van der Waals surface area contributed by atoms with Gasteiger partial charge >= 0.3 is 0 Å². The van der Waals surface area contributed by atoms with E-state index in [0.29, 0.717) is 29.3 Å². The summed E-state index contributed by atoms with van der Waals surface area (Å²) in [5.74, 6) is 1.77. The first kappa shape index (κ1) is 19.6. The highest BCUT2D eigenvalue weighted by atomic mass is 32.2. The lowest BCUT2D eigenvalue weighted by molar-refractivity contribution is 0.0149.